The van der Waals surface area contributed by atoms with Gasteiger partial charge in [0.15, 0.2) is 5.13 Å². The van der Waals surface area contributed by atoms with Gasteiger partial charge in [0.05, 0.1) is 26.3 Å². The Morgan fingerprint density at radius 1 is 1.06 bits per heavy atom. The molecule has 4 aromatic rings. The van der Waals surface area contributed by atoms with E-state index in [1.54, 1.807) is 36.7 Å². The number of hydrogen-bond acceptors (Lipinski definition) is 6. The van der Waals surface area contributed by atoms with E-state index < -0.39 is 17.6 Å². The Morgan fingerprint density at radius 2 is 1.82 bits per heavy atom. The van der Waals surface area contributed by atoms with Crippen LogP contribution in [0.25, 0.3) is 10.2 Å². The number of hydrogen-bond donors (Lipinski definition) is 0. The maximum Gasteiger partial charge on any atom is 0.416 e. The number of carbonyl (C=O) groups is 1. The van der Waals surface area contributed by atoms with Gasteiger partial charge in [-0.2, -0.15) is 13.2 Å². The van der Waals surface area contributed by atoms with E-state index in [1.165, 1.54) is 42.6 Å². The largest absolute Gasteiger partial charge is 0.495 e. The monoisotopic (exact) mass is 473 g/mol. The second-order valence-electron chi connectivity index (χ2n) is 6.98. The maximum atomic E-state index is 13.5. The van der Waals surface area contributed by atoms with Crippen molar-refractivity contribution in [1.82, 2.24) is 9.97 Å². The third-order valence-corrected chi connectivity index (χ3v) is 5.97. The highest BCUT2D eigenvalue weighted by molar-refractivity contribution is 7.22. The Kier molecular flexibility index (Phi) is 6.19. The van der Waals surface area contributed by atoms with Gasteiger partial charge in [0.2, 0.25) is 0 Å². The van der Waals surface area contributed by atoms with Crippen LogP contribution in [0.2, 0.25) is 0 Å². The van der Waals surface area contributed by atoms with Crippen LogP contribution in [0.4, 0.5) is 18.3 Å². The SMILES string of the molecule is COc1ccc(OC)c2sc(N(Cc3cccnc3)C(=O)c3cccc(C(F)(F)F)c3)nc12. The molecule has 10 heteroatoms. The molecule has 0 atom stereocenters. The molecule has 0 aliphatic rings. The van der Waals surface area contributed by atoms with Crippen LogP contribution in [-0.2, 0) is 12.7 Å². The average molecular weight is 473 g/mol. The number of fused-ring (bicyclic) bond motifs is 1. The summed E-state index contributed by atoms with van der Waals surface area (Å²) >= 11 is 1.18. The van der Waals surface area contributed by atoms with E-state index >= 15 is 0 Å². The fourth-order valence-electron chi connectivity index (χ4n) is 3.27. The minimum absolute atomic E-state index is 0.0629. The number of anilines is 1. The number of rotatable bonds is 6. The summed E-state index contributed by atoms with van der Waals surface area (Å²) < 4.78 is 51.2. The molecule has 2 aromatic heterocycles. The van der Waals surface area contributed by atoms with Gasteiger partial charge in [0.25, 0.3) is 5.91 Å². The van der Waals surface area contributed by atoms with E-state index in [1.807, 2.05) is 0 Å². The summed E-state index contributed by atoms with van der Waals surface area (Å²) in [6.07, 6.45) is -1.39. The first-order valence-corrected chi connectivity index (χ1v) is 10.5. The predicted octanol–water partition coefficient (Wildman–Crippen LogP) is 5.57. The van der Waals surface area contributed by atoms with Crippen molar-refractivity contribution in [1.29, 1.82) is 0 Å². The fraction of sp³-hybridized carbons (Fsp3) is 0.174. The number of aromatic nitrogens is 2. The van der Waals surface area contributed by atoms with Crippen molar-refractivity contribution < 1.29 is 27.4 Å². The van der Waals surface area contributed by atoms with Crippen LogP contribution in [0.15, 0.2) is 60.9 Å². The van der Waals surface area contributed by atoms with Crippen LogP contribution >= 0.6 is 11.3 Å². The lowest BCUT2D eigenvalue weighted by molar-refractivity contribution is -0.137. The van der Waals surface area contributed by atoms with Crippen LogP contribution in [0.3, 0.4) is 0 Å². The second kappa shape index (κ2) is 9.07. The Hall–Kier alpha value is -3.66. The number of carbonyl (C=O) groups excluding carboxylic acids is 1. The zero-order valence-electron chi connectivity index (χ0n) is 17.6. The van der Waals surface area contributed by atoms with Crippen molar-refractivity contribution in [3.8, 4) is 11.5 Å². The number of ether oxygens (including phenoxy) is 2. The molecule has 0 spiro atoms. The van der Waals surface area contributed by atoms with E-state index in [2.05, 4.69) is 9.97 Å². The van der Waals surface area contributed by atoms with Gasteiger partial charge in [-0.05, 0) is 42.0 Å². The highest BCUT2D eigenvalue weighted by Crippen LogP contribution is 2.41. The summed E-state index contributed by atoms with van der Waals surface area (Å²) in [5.74, 6) is 0.408. The normalized spacial score (nSPS) is 11.4. The van der Waals surface area contributed by atoms with Crippen LogP contribution in [0, 0.1) is 0 Å². The van der Waals surface area contributed by atoms with Crippen molar-refractivity contribution in [3.05, 3.63) is 77.6 Å². The van der Waals surface area contributed by atoms with Gasteiger partial charge < -0.3 is 9.47 Å². The Labute approximate surface area is 191 Å². The summed E-state index contributed by atoms with van der Waals surface area (Å²) in [5.41, 5.74) is 0.176. The van der Waals surface area contributed by atoms with Crippen molar-refractivity contribution in [3.63, 3.8) is 0 Å². The lowest BCUT2D eigenvalue weighted by Crippen LogP contribution is -2.30. The van der Waals surface area contributed by atoms with Gasteiger partial charge >= 0.3 is 6.18 Å². The van der Waals surface area contributed by atoms with Crippen LogP contribution < -0.4 is 14.4 Å². The molecule has 0 N–H and O–H groups in total. The summed E-state index contributed by atoms with van der Waals surface area (Å²) in [5, 5.41) is 0.291. The molecule has 2 heterocycles. The molecule has 33 heavy (non-hydrogen) atoms. The van der Waals surface area contributed by atoms with Crippen LogP contribution in [-0.4, -0.2) is 30.1 Å². The fourth-order valence-corrected chi connectivity index (χ4v) is 4.35. The van der Waals surface area contributed by atoms with Gasteiger partial charge in [-0.25, -0.2) is 4.98 Å². The van der Waals surface area contributed by atoms with Crippen molar-refractivity contribution in [2.45, 2.75) is 12.7 Å². The number of benzene rings is 2. The second-order valence-corrected chi connectivity index (χ2v) is 7.95. The molecule has 1 amide bonds. The van der Waals surface area contributed by atoms with Crippen LogP contribution in [0.5, 0.6) is 11.5 Å². The van der Waals surface area contributed by atoms with Gasteiger partial charge in [0.1, 0.15) is 21.7 Å². The number of halogens is 3. The van der Waals surface area contributed by atoms with E-state index in [0.29, 0.717) is 32.4 Å². The number of nitrogens with zero attached hydrogens (tertiary/aromatic N) is 3. The van der Waals surface area contributed by atoms with Crippen molar-refractivity contribution in [2.24, 2.45) is 0 Å². The third-order valence-electron chi connectivity index (χ3n) is 4.88. The molecular weight excluding hydrogens is 455 g/mol. The molecular formula is C23H18F3N3O3S. The van der Waals surface area contributed by atoms with Crippen molar-refractivity contribution in [2.75, 3.05) is 19.1 Å². The summed E-state index contributed by atoms with van der Waals surface area (Å²) in [6, 6.07) is 11.2. The number of alkyl halides is 3. The minimum Gasteiger partial charge on any atom is -0.495 e. The Balaban J connectivity index is 1.83. The van der Waals surface area contributed by atoms with E-state index in [-0.39, 0.29) is 12.1 Å². The van der Waals surface area contributed by atoms with E-state index in [4.69, 9.17) is 9.47 Å². The molecule has 0 radical (unpaired) electrons. The average Bonchev–Trinajstić information content (AvgIpc) is 3.27. The Morgan fingerprint density at radius 3 is 2.48 bits per heavy atom. The molecule has 2 aromatic carbocycles. The molecule has 0 saturated heterocycles. The molecule has 0 aliphatic carbocycles. The zero-order valence-corrected chi connectivity index (χ0v) is 18.4. The summed E-state index contributed by atoms with van der Waals surface area (Å²) in [4.78, 5) is 23.4. The highest BCUT2D eigenvalue weighted by Gasteiger charge is 2.32. The van der Waals surface area contributed by atoms with Crippen molar-refractivity contribution >= 4 is 32.6 Å². The standard InChI is InChI=1S/C23H18F3N3O3S/c1-31-17-8-9-18(32-2)20-19(17)28-22(33-20)29(13-14-5-4-10-27-12-14)21(30)15-6-3-7-16(11-15)23(24,25)26/h3-12H,13H2,1-2H3. The van der Waals surface area contributed by atoms with E-state index in [0.717, 1.165) is 12.1 Å². The molecule has 4 rings (SSSR count). The number of thiazole rings is 1. The smallest absolute Gasteiger partial charge is 0.416 e. The van der Waals surface area contributed by atoms with Gasteiger partial charge in [0, 0.05) is 18.0 Å². The molecule has 0 bridgehead atoms. The number of methoxy groups -OCH3 is 2. The molecule has 6 nitrogen and oxygen atoms in total. The lowest BCUT2D eigenvalue weighted by Gasteiger charge is -2.20. The first-order valence-electron chi connectivity index (χ1n) is 9.71. The van der Waals surface area contributed by atoms with E-state index in [9.17, 15) is 18.0 Å². The minimum atomic E-state index is -4.57. The predicted molar refractivity (Wildman–Crippen MR) is 119 cm³/mol. The first kappa shape index (κ1) is 22.5. The van der Waals surface area contributed by atoms with Gasteiger partial charge in [-0.1, -0.05) is 23.5 Å². The first-order chi connectivity index (χ1) is 15.8. The van der Waals surface area contributed by atoms with Gasteiger partial charge in [-0.3, -0.25) is 14.7 Å². The molecule has 0 unspecified atom stereocenters. The summed E-state index contributed by atoms with van der Waals surface area (Å²) in [6.45, 7) is 0.0629. The molecule has 170 valence electrons. The zero-order chi connectivity index (χ0) is 23.6. The third kappa shape index (κ3) is 4.61. The summed E-state index contributed by atoms with van der Waals surface area (Å²) in [7, 11) is 3.02. The van der Waals surface area contributed by atoms with Crippen LogP contribution in [0.1, 0.15) is 21.5 Å². The number of amides is 1. The highest BCUT2D eigenvalue weighted by atomic mass is 32.1. The maximum absolute atomic E-state index is 13.5. The topological polar surface area (TPSA) is 64.6 Å². The Bertz CT molecular complexity index is 1250. The molecule has 0 aliphatic heterocycles. The lowest BCUT2D eigenvalue weighted by atomic mass is 10.1. The van der Waals surface area contributed by atoms with Gasteiger partial charge in [-0.15, -0.1) is 0 Å². The molecule has 0 saturated carbocycles. The molecule has 0 fully saturated rings. The quantitative estimate of drug-likeness (QED) is 0.366. The number of pyridine rings is 1.